The van der Waals surface area contributed by atoms with Crippen LogP contribution >= 0.6 is 0 Å². The molecule has 21 heavy (non-hydrogen) atoms. The molecule has 0 atom stereocenters. The highest BCUT2D eigenvalue weighted by Gasteiger charge is 2.32. The highest BCUT2D eigenvalue weighted by atomic mass is 16.6. The molecule has 114 valence electrons. The molecular formula is C12H16N4O5. The van der Waals surface area contributed by atoms with E-state index in [-0.39, 0.29) is 29.3 Å². The quantitative estimate of drug-likeness (QED) is 0.455. The molecule has 0 aliphatic carbocycles. The van der Waals surface area contributed by atoms with Gasteiger partial charge >= 0.3 is 11.7 Å². The number of nitrogens with zero attached hydrogens (tertiary/aromatic N) is 4. The van der Waals surface area contributed by atoms with Crippen LogP contribution in [0.3, 0.4) is 0 Å². The number of anilines is 1. The number of carbonyl (C=O) groups excluding carboxylic acids is 1. The van der Waals surface area contributed by atoms with Gasteiger partial charge in [0.05, 0.1) is 25.1 Å². The van der Waals surface area contributed by atoms with E-state index in [1.54, 1.807) is 4.90 Å². The van der Waals surface area contributed by atoms with E-state index in [1.165, 1.54) is 20.5 Å². The normalized spacial score (nSPS) is 15.6. The number of piperidine rings is 1. The second-order valence-corrected chi connectivity index (χ2v) is 4.60. The molecule has 9 nitrogen and oxygen atoms in total. The lowest BCUT2D eigenvalue weighted by Gasteiger charge is -2.31. The van der Waals surface area contributed by atoms with Crippen LogP contribution in [0.25, 0.3) is 0 Å². The van der Waals surface area contributed by atoms with Gasteiger partial charge in [-0.1, -0.05) is 0 Å². The molecule has 0 bridgehead atoms. The molecular weight excluding hydrogens is 280 g/mol. The van der Waals surface area contributed by atoms with Gasteiger partial charge in [-0.05, 0) is 12.8 Å². The highest BCUT2D eigenvalue weighted by Crippen LogP contribution is 2.35. The zero-order valence-electron chi connectivity index (χ0n) is 11.8. The van der Waals surface area contributed by atoms with Crippen LogP contribution in [-0.4, -0.2) is 48.2 Å². The zero-order chi connectivity index (χ0) is 15.4. The number of hydrogen-bond donors (Lipinski definition) is 0. The monoisotopic (exact) mass is 296 g/mol. The van der Waals surface area contributed by atoms with Crippen LogP contribution in [0.4, 0.5) is 11.5 Å². The molecule has 0 spiro atoms. The Morgan fingerprint density at radius 2 is 2.05 bits per heavy atom. The maximum absolute atomic E-state index is 11.5. The van der Waals surface area contributed by atoms with Crippen LogP contribution < -0.4 is 9.64 Å². The smallest absolute Gasteiger partial charge is 0.372 e. The van der Waals surface area contributed by atoms with Gasteiger partial charge in [-0.15, -0.1) is 0 Å². The molecule has 2 rings (SSSR count). The van der Waals surface area contributed by atoms with Crippen molar-refractivity contribution in [2.75, 3.05) is 32.2 Å². The fourth-order valence-corrected chi connectivity index (χ4v) is 2.39. The number of esters is 1. The van der Waals surface area contributed by atoms with Gasteiger partial charge in [0.1, 0.15) is 6.33 Å². The Balaban J connectivity index is 2.21. The van der Waals surface area contributed by atoms with Crippen LogP contribution in [-0.2, 0) is 9.53 Å². The summed E-state index contributed by atoms with van der Waals surface area (Å²) in [4.78, 5) is 31.7. The predicted molar refractivity (Wildman–Crippen MR) is 72.2 cm³/mol. The first kappa shape index (κ1) is 14.9. The molecule has 0 amide bonds. The Hall–Kier alpha value is -2.45. The summed E-state index contributed by atoms with van der Waals surface area (Å²) in [5.41, 5.74) is -0.253. The summed E-state index contributed by atoms with van der Waals surface area (Å²) in [6.45, 7) is 0.974. The van der Waals surface area contributed by atoms with Gasteiger partial charge in [-0.25, -0.2) is 4.98 Å². The van der Waals surface area contributed by atoms with Crippen molar-refractivity contribution in [2.45, 2.75) is 12.8 Å². The Morgan fingerprint density at radius 1 is 1.38 bits per heavy atom. The van der Waals surface area contributed by atoms with Crippen LogP contribution in [0.15, 0.2) is 6.33 Å². The summed E-state index contributed by atoms with van der Waals surface area (Å²) in [6, 6.07) is 0. The topological polar surface area (TPSA) is 108 Å². The molecule has 2 heterocycles. The third kappa shape index (κ3) is 3.01. The highest BCUT2D eigenvalue weighted by molar-refractivity contribution is 5.73. The summed E-state index contributed by atoms with van der Waals surface area (Å²) in [7, 11) is 2.68. The largest absolute Gasteiger partial charge is 0.476 e. The Kier molecular flexibility index (Phi) is 4.51. The number of rotatable bonds is 4. The molecule has 0 unspecified atom stereocenters. The molecule has 1 fully saturated rings. The average Bonchev–Trinajstić information content (AvgIpc) is 2.53. The van der Waals surface area contributed by atoms with E-state index in [0.29, 0.717) is 25.9 Å². The van der Waals surface area contributed by atoms with Crippen molar-refractivity contribution in [1.29, 1.82) is 0 Å². The van der Waals surface area contributed by atoms with E-state index in [1.807, 2.05) is 0 Å². The number of aromatic nitrogens is 2. The first-order valence-electron chi connectivity index (χ1n) is 6.44. The van der Waals surface area contributed by atoms with Gasteiger partial charge in [0.15, 0.2) is 0 Å². The van der Waals surface area contributed by atoms with Crippen LogP contribution in [0.1, 0.15) is 12.8 Å². The third-order valence-electron chi connectivity index (χ3n) is 3.47. The van der Waals surface area contributed by atoms with E-state index in [9.17, 15) is 14.9 Å². The minimum absolute atomic E-state index is 0.0694. The lowest BCUT2D eigenvalue weighted by Crippen LogP contribution is -2.37. The third-order valence-corrected chi connectivity index (χ3v) is 3.47. The molecule has 0 radical (unpaired) electrons. The van der Waals surface area contributed by atoms with Crippen molar-refractivity contribution in [3.63, 3.8) is 0 Å². The second-order valence-electron chi connectivity index (χ2n) is 4.60. The van der Waals surface area contributed by atoms with Crippen LogP contribution in [0, 0.1) is 16.0 Å². The molecule has 1 aromatic heterocycles. The van der Waals surface area contributed by atoms with Crippen LogP contribution in [0.2, 0.25) is 0 Å². The number of nitro groups is 1. The van der Waals surface area contributed by atoms with Crippen molar-refractivity contribution >= 4 is 17.5 Å². The minimum Gasteiger partial charge on any atom is -0.476 e. The van der Waals surface area contributed by atoms with Gasteiger partial charge < -0.3 is 14.4 Å². The van der Waals surface area contributed by atoms with E-state index in [4.69, 9.17) is 9.47 Å². The Bertz CT molecular complexity index is 542. The van der Waals surface area contributed by atoms with Gasteiger partial charge in [0.25, 0.3) is 5.88 Å². The lowest BCUT2D eigenvalue weighted by molar-refractivity contribution is -0.385. The van der Waals surface area contributed by atoms with Crippen molar-refractivity contribution in [1.82, 2.24) is 9.97 Å². The predicted octanol–water partition coefficient (Wildman–Crippen LogP) is 0.783. The average molecular weight is 296 g/mol. The summed E-state index contributed by atoms with van der Waals surface area (Å²) in [5.74, 6) is -0.270. The molecule has 1 saturated heterocycles. The molecule has 1 aliphatic rings. The van der Waals surface area contributed by atoms with E-state index in [0.717, 1.165) is 0 Å². The molecule has 0 aromatic carbocycles. The first-order chi connectivity index (χ1) is 10.1. The SMILES string of the molecule is COC(=O)C1CCN(c2ncnc(OC)c2[N+](=O)[O-])CC1. The zero-order valence-corrected chi connectivity index (χ0v) is 11.8. The standard InChI is InChI=1S/C12H16N4O5/c1-20-11-9(16(18)19)10(13-7-14-11)15-5-3-8(4-6-15)12(17)21-2/h7-8H,3-6H2,1-2H3. The fraction of sp³-hybridized carbons (Fsp3) is 0.583. The molecule has 1 aromatic rings. The summed E-state index contributed by atoms with van der Waals surface area (Å²) in [5, 5.41) is 11.2. The van der Waals surface area contributed by atoms with Gasteiger partial charge in [0, 0.05) is 13.1 Å². The lowest BCUT2D eigenvalue weighted by atomic mass is 9.97. The molecule has 0 saturated carbocycles. The number of carbonyl (C=O) groups is 1. The van der Waals surface area contributed by atoms with Gasteiger partial charge in [-0.3, -0.25) is 14.9 Å². The number of ether oxygens (including phenoxy) is 2. The first-order valence-corrected chi connectivity index (χ1v) is 6.44. The summed E-state index contributed by atoms with van der Waals surface area (Å²) >= 11 is 0. The van der Waals surface area contributed by atoms with Crippen molar-refractivity contribution < 1.29 is 19.2 Å². The van der Waals surface area contributed by atoms with Gasteiger partial charge in [-0.2, -0.15) is 4.98 Å². The molecule has 0 N–H and O–H groups in total. The second kappa shape index (κ2) is 6.33. The minimum atomic E-state index is -0.555. The van der Waals surface area contributed by atoms with E-state index in [2.05, 4.69) is 9.97 Å². The Labute approximate surface area is 121 Å². The number of hydrogen-bond acceptors (Lipinski definition) is 8. The Morgan fingerprint density at radius 3 is 2.57 bits per heavy atom. The van der Waals surface area contributed by atoms with Crippen molar-refractivity contribution in [3.05, 3.63) is 16.4 Å². The molecule has 1 aliphatic heterocycles. The van der Waals surface area contributed by atoms with Gasteiger partial charge in [0.2, 0.25) is 5.82 Å². The summed E-state index contributed by atoms with van der Waals surface area (Å²) in [6.07, 6.45) is 2.36. The maximum atomic E-state index is 11.5. The molecule has 9 heteroatoms. The maximum Gasteiger partial charge on any atom is 0.372 e. The summed E-state index contributed by atoms with van der Waals surface area (Å²) < 4.78 is 9.64. The fourth-order valence-electron chi connectivity index (χ4n) is 2.39. The van der Waals surface area contributed by atoms with Crippen molar-refractivity contribution in [3.8, 4) is 5.88 Å². The van der Waals surface area contributed by atoms with Crippen LogP contribution in [0.5, 0.6) is 5.88 Å². The van der Waals surface area contributed by atoms with E-state index < -0.39 is 4.92 Å². The number of methoxy groups -OCH3 is 2. The van der Waals surface area contributed by atoms with E-state index >= 15 is 0 Å². The van der Waals surface area contributed by atoms with Crippen molar-refractivity contribution in [2.24, 2.45) is 5.92 Å².